The zero-order valence-electron chi connectivity index (χ0n) is 10.3. The minimum atomic E-state index is 0.0629. The van der Waals surface area contributed by atoms with Crippen LogP contribution in [0.4, 0.5) is 0 Å². The Balaban J connectivity index is 1.55. The van der Waals surface area contributed by atoms with Gasteiger partial charge in [-0.15, -0.1) is 0 Å². The molecule has 1 saturated carbocycles. The van der Waals surface area contributed by atoms with E-state index in [-0.39, 0.29) is 11.8 Å². The molecule has 2 aromatic heterocycles. The summed E-state index contributed by atoms with van der Waals surface area (Å²) in [5, 5.41) is 7.98. The molecule has 1 atom stereocenters. The average Bonchev–Trinajstić information content (AvgIpc) is 2.88. The van der Waals surface area contributed by atoms with Gasteiger partial charge in [0.25, 0.3) is 0 Å². The maximum absolute atomic E-state index is 11.9. The maximum Gasteiger partial charge on any atom is 0.232 e. The smallest absolute Gasteiger partial charge is 0.232 e. The third-order valence-electron chi connectivity index (χ3n) is 3.72. The van der Waals surface area contributed by atoms with E-state index >= 15 is 0 Å². The number of likely N-dealkylation sites (tertiary alicyclic amines) is 1. The van der Waals surface area contributed by atoms with Crippen LogP contribution in [0.1, 0.15) is 31.1 Å². The topological polar surface area (TPSA) is 59.2 Å². The summed E-state index contributed by atoms with van der Waals surface area (Å²) in [7, 11) is 0. The van der Waals surface area contributed by atoms with Crippen molar-refractivity contribution >= 4 is 17.2 Å². The molecule has 1 unspecified atom stereocenters. The zero-order valence-corrected chi connectivity index (χ0v) is 11.1. The van der Waals surface area contributed by atoms with Crippen molar-refractivity contribution in [2.75, 3.05) is 6.54 Å². The van der Waals surface area contributed by atoms with Crippen LogP contribution < -0.4 is 0 Å². The Labute approximate surface area is 114 Å². The quantitative estimate of drug-likeness (QED) is 0.862. The van der Waals surface area contributed by atoms with Gasteiger partial charge in [0, 0.05) is 30.0 Å². The molecule has 0 spiro atoms. The first-order chi connectivity index (χ1) is 9.31. The highest BCUT2D eigenvalue weighted by Gasteiger charge is 2.41. The van der Waals surface area contributed by atoms with E-state index in [2.05, 4.69) is 10.1 Å². The number of hydrogen-bond acceptors (Lipinski definition) is 5. The van der Waals surface area contributed by atoms with Gasteiger partial charge < -0.3 is 9.42 Å². The van der Waals surface area contributed by atoms with Crippen LogP contribution in [0.15, 0.2) is 21.3 Å². The second kappa shape index (κ2) is 4.16. The van der Waals surface area contributed by atoms with Crippen LogP contribution in [0, 0.1) is 0 Å². The lowest BCUT2D eigenvalue weighted by Crippen LogP contribution is -2.27. The van der Waals surface area contributed by atoms with Crippen molar-refractivity contribution in [1.29, 1.82) is 0 Å². The highest BCUT2D eigenvalue weighted by molar-refractivity contribution is 7.08. The van der Waals surface area contributed by atoms with Gasteiger partial charge in [-0.25, -0.2) is 0 Å². The number of thiophene rings is 1. The third-order valence-corrected chi connectivity index (χ3v) is 4.40. The molecule has 19 heavy (non-hydrogen) atoms. The molecular formula is C13H13N3O2S. The van der Waals surface area contributed by atoms with E-state index in [1.54, 1.807) is 11.3 Å². The molecule has 4 rings (SSSR count). The van der Waals surface area contributed by atoms with E-state index in [0.717, 1.165) is 24.9 Å². The van der Waals surface area contributed by atoms with Gasteiger partial charge in [-0.1, -0.05) is 5.16 Å². The van der Waals surface area contributed by atoms with E-state index in [1.807, 2.05) is 21.7 Å². The van der Waals surface area contributed by atoms with Crippen LogP contribution >= 0.6 is 11.3 Å². The summed E-state index contributed by atoms with van der Waals surface area (Å²) in [4.78, 5) is 18.3. The molecule has 0 radical (unpaired) electrons. The average molecular weight is 275 g/mol. The number of hydrogen-bond donors (Lipinski definition) is 0. The number of carbonyl (C=O) groups is 1. The first-order valence-corrected chi connectivity index (χ1v) is 7.41. The maximum atomic E-state index is 11.9. The minimum absolute atomic E-state index is 0.0629. The van der Waals surface area contributed by atoms with Crippen LogP contribution in [0.2, 0.25) is 0 Å². The number of rotatable bonds is 3. The van der Waals surface area contributed by atoms with Crippen LogP contribution in [0.25, 0.3) is 11.4 Å². The molecule has 2 fully saturated rings. The fourth-order valence-electron chi connectivity index (χ4n) is 2.55. The van der Waals surface area contributed by atoms with Crippen molar-refractivity contribution in [3.8, 4) is 11.4 Å². The molecule has 1 amide bonds. The van der Waals surface area contributed by atoms with E-state index in [9.17, 15) is 4.79 Å². The molecule has 2 aliphatic rings. The van der Waals surface area contributed by atoms with Gasteiger partial charge in [0.2, 0.25) is 17.6 Å². The van der Waals surface area contributed by atoms with Gasteiger partial charge in [0.05, 0.1) is 5.92 Å². The Kier molecular flexibility index (Phi) is 2.44. The SMILES string of the molecule is O=C1CC(c2nc(-c3ccsc3)no2)CN1C1CC1. The Morgan fingerprint density at radius 1 is 1.42 bits per heavy atom. The van der Waals surface area contributed by atoms with Crippen molar-refractivity contribution in [2.24, 2.45) is 0 Å². The van der Waals surface area contributed by atoms with Gasteiger partial charge in [0.15, 0.2) is 0 Å². The monoisotopic (exact) mass is 275 g/mol. The fourth-order valence-corrected chi connectivity index (χ4v) is 3.18. The van der Waals surface area contributed by atoms with E-state index in [1.165, 1.54) is 0 Å². The molecule has 1 aliphatic carbocycles. The van der Waals surface area contributed by atoms with Gasteiger partial charge in [-0.2, -0.15) is 16.3 Å². The molecule has 0 aromatic carbocycles. The van der Waals surface area contributed by atoms with Crippen LogP contribution in [-0.2, 0) is 4.79 Å². The highest BCUT2D eigenvalue weighted by Crippen LogP contribution is 2.36. The molecule has 0 N–H and O–H groups in total. The number of carbonyl (C=O) groups excluding carboxylic acids is 1. The normalized spacial score (nSPS) is 23.3. The molecule has 0 bridgehead atoms. The summed E-state index contributed by atoms with van der Waals surface area (Å²) in [5.74, 6) is 1.50. The molecule has 5 nitrogen and oxygen atoms in total. The second-order valence-electron chi connectivity index (χ2n) is 5.15. The summed E-state index contributed by atoms with van der Waals surface area (Å²) in [6.45, 7) is 0.731. The van der Waals surface area contributed by atoms with Gasteiger partial charge >= 0.3 is 0 Å². The van der Waals surface area contributed by atoms with Crippen LogP contribution in [-0.4, -0.2) is 33.5 Å². The Bertz CT molecular complexity index is 603. The first-order valence-electron chi connectivity index (χ1n) is 6.47. The van der Waals surface area contributed by atoms with Gasteiger partial charge in [-0.3, -0.25) is 4.79 Å². The largest absolute Gasteiger partial charge is 0.339 e. The molecule has 1 aliphatic heterocycles. The Morgan fingerprint density at radius 2 is 2.32 bits per heavy atom. The number of aromatic nitrogens is 2. The lowest BCUT2D eigenvalue weighted by molar-refractivity contribution is -0.128. The van der Waals surface area contributed by atoms with Crippen LogP contribution in [0.5, 0.6) is 0 Å². The van der Waals surface area contributed by atoms with Crippen LogP contribution in [0.3, 0.4) is 0 Å². The molecule has 98 valence electrons. The molecular weight excluding hydrogens is 262 g/mol. The first kappa shape index (κ1) is 11.2. The number of nitrogens with zero attached hydrogens (tertiary/aromatic N) is 3. The van der Waals surface area contributed by atoms with Crippen molar-refractivity contribution in [2.45, 2.75) is 31.2 Å². The molecule has 6 heteroatoms. The Morgan fingerprint density at radius 3 is 3.05 bits per heavy atom. The van der Waals surface area contributed by atoms with Crippen molar-refractivity contribution in [1.82, 2.24) is 15.0 Å². The predicted molar refractivity (Wildman–Crippen MR) is 69.7 cm³/mol. The molecule has 1 saturated heterocycles. The second-order valence-corrected chi connectivity index (χ2v) is 5.93. The third kappa shape index (κ3) is 1.96. The summed E-state index contributed by atoms with van der Waals surface area (Å²) >= 11 is 1.60. The summed E-state index contributed by atoms with van der Waals surface area (Å²) in [6.07, 6.45) is 2.78. The molecule has 2 aromatic rings. The van der Waals surface area contributed by atoms with E-state index in [0.29, 0.717) is 24.2 Å². The van der Waals surface area contributed by atoms with E-state index in [4.69, 9.17) is 4.52 Å². The standard InChI is InChI=1S/C13H13N3O2S/c17-11-5-9(6-16(11)10-1-2-10)13-14-12(15-18-13)8-3-4-19-7-8/h3-4,7,9-10H,1-2,5-6H2. The lowest BCUT2D eigenvalue weighted by atomic mass is 10.1. The summed E-state index contributed by atoms with van der Waals surface area (Å²) in [5.41, 5.74) is 0.975. The van der Waals surface area contributed by atoms with E-state index < -0.39 is 0 Å². The Hall–Kier alpha value is -1.69. The lowest BCUT2D eigenvalue weighted by Gasteiger charge is -2.13. The predicted octanol–water partition coefficient (Wildman–Crippen LogP) is 2.28. The van der Waals surface area contributed by atoms with Crippen molar-refractivity contribution in [3.63, 3.8) is 0 Å². The summed E-state index contributed by atoms with van der Waals surface area (Å²) < 4.78 is 5.33. The van der Waals surface area contributed by atoms with Gasteiger partial charge in [-0.05, 0) is 24.3 Å². The zero-order chi connectivity index (χ0) is 12.8. The summed E-state index contributed by atoms with van der Waals surface area (Å²) in [6, 6.07) is 2.44. The van der Waals surface area contributed by atoms with Gasteiger partial charge in [0.1, 0.15) is 0 Å². The van der Waals surface area contributed by atoms with Crippen molar-refractivity contribution < 1.29 is 9.32 Å². The highest BCUT2D eigenvalue weighted by atomic mass is 32.1. The minimum Gasteiger partial charge on any atom is -0.339 e. The fraction of sp³-hybridized carbons (Fsp3) is 0.462. The number of amides is 1. The molecule has 3 heterocycles. The van der Waals surface area contributed by atoms with Crippen molar-refractivity contribution in [3.05, 3.63) is 22.7 Å².